The van der Waals surface area contributed by atoms with E-state index in [1.165, 1.54) is 0 Å². The van der Waals surface area contributed by atoms with Crippen molar-refractivity contribution in [1.29, 1.82) is 0 Å². The van der Waals surface area contributed by atoms with Crippen molar-refractivity contribution in [2.45, 2.75) is 6.10 Å². The first-order valence-electron chi connectivity index (χ1n) is 5.30. The molecule has 1 aliphatic heterocycles. The Kier molecular flexibility index (Phi) is 3.54. The summed E-state index contributed by atoms with van der Waals surface area (Å²) in [6.45, 7) is 4.39. The number of para-hydroxylation sites is 1. The van der Waals surface area contributed by atoms with Crippen molar-refractivity contribution in [2.75, 3.05) is 18.4 Å². The van der Waals surface area contributed by atoms with Gasteiger partial charge in [-0.1, -0.05) is 23.7 Å². The molecular weight excluding hydrogens is 240 g/mol. The minimum atomic E-state index is -0.567. The molecule has 90 valence electrons. The molecule has 1 unspecified atom stereocenters. The number of ether oxygens (including phenoxy) is 1. The number of benzene rings is 1. The summed E-state index contributed by atoms with van der Waals surface area (Å²) in [5.74, 6) is 0.349. The Hall–Kier alpha value is -1.68. The molecule has 0 aliphatic carbocycles. The molecule has 5 heteroatoms. The van der Waals surface area contributed by atoms with Gasteiger partial charge in [0.05, 0.1) is 17.3 Å². The van der Waals surface area contributed by atoms with E-state index in [0.29, 0.717) is 23.9 Å². The standard InChI is InChI=1S/C12H13ClN2O2/c1-2-6-14-12(16)10-7-15-9-5-3-4-8(13)11(9)17-10/h2-5,10,15H,1,6-7H2,(H,14,16). The highest BCUT2D eigenvalue weighted by atomic mass is 35.5. The second-order valence-corrected chi connectivity index (χ2v) is 4.04. The van der Waals surface area contributed by atoms with Gasteiger partial charge >= 0.3 is 0 Å². The number of carbonyl (C=O) groups excluding carboxylic acids is 1. The van der Waals surface area contributed by atoms with Gasteiger partial charge in [-0.25, -0.2) is 0 Å². The number of halogens is 1. The lowest BCUT2D eigenvalue weighted by Crippen LogP contribution is -2.44. The lowest BCUT2D eigenvalue weighted by Gasteiger charge is -2.27. The minimum Gasteiger partial charge on any atom is -0.475 e. The molecule has 0 spiro atoms. The van der Waals surface area contributed by atoms with Crippen LogP contribution in [-0.4, -0.2) is 25.1 Å². The van der Waals surface area contributed by atoms with Crippen molar-refractivity contribution in [3.05, 3.63) is 35.9 Å². The molecule has 0 bridgehead atoms. The van der Waals surface area contributed by atoms with Gasteiger partial charge in [0.25, 0.3) is 5.91 Å². The second-order valence-electron chi connectivity index (χ2n) is 3.64. The summed E-state index contributed by atoms with van der Waals surface area (Å²) in [7, 11) is 0. The molecule has 0 aromatic heterocycles. The Bertz CT molecular complexity index is 448. The molecule has 1 amide bonds. The Labute approximate surface area is 105 Å². The normalized spacial score (nSPS) is 17.4. The Balaban J connectivity index is 2.10. The monoisotopic (exact) mass is 252 g/mol. The van der Waals surface area contributed by atoms with Gasteiger partial charge in [0.15, 0.2) is 11.9 Å². The molecule has 0 saturated heterocycles. The van der Waals surface area contributed by atoms with E-state index >= 15 is 0 Å². The van der Waals surface area contributed by atoms with E-state index in [0.717, 1.165) is 5.69 Å². The molecule has 17 heavy (non-hydrogen) atoms. The molecule has 1 aromatic rings. The third-order valence-corrected chi connectivity index (χ3v) is 2.72. The average Bonchev–Trinajstić information content (AvgIpc) is 2.36. The molecule has 1 aromatic carbocycles. The van der Waals surface area contributed by atoms with Crippen LogP contribution in [0, 0.1) is 0 Å². The van der Waals surface area contributed by atoms with E-state index in [1.54, 1.807) is 12.1 Å². The fourth-order valence-electron chi connectivity index (χ4n) is 1.59. The highest BCUT2D eigenvalue weighted by Crippen LogP contribution is 2.35. The minimum absolute atomic E-state index is 0.178. The Morgan fingerprint density at radius 2 is 2.53 bits per heavy atom. The van der Waals surface area contributed by atoms with E-state index in [-0.39, 0.29) is 5.91 Å². The van der Waals surface area contributed by atoms with Crippen molar-refractivity contribution < 1.29 is 9.53 Å². The fourth-order valence-corrected chi connectivity index (χ4v) is 1.81. The largest absolute Gasteiger partial charge is 0.475 e. The van der Waals surface area contributed by atoms with Crippen LogP contribution in [0.15, 0.2) is 30.9 Å². The van der Waals surface area contributed by atoms with Crippen LogP contribution in [0.1, 0.15) is 0 Å². The van der Waals surface area contributed by atoms with Gasteiger partial charge in [0, 0.05) is 6.54 Å². The van der Waals surface area contributed by atoms with Crippen LogP contribution in [0.3, 0.4) is 0 Å². The lowest BCUT2D eigenvalue weighted by atomic mass is 10.2. The molecule has 1 aliphatic rings. The number of fused-ring (bicyclic) bond motifs is 1. The summed E-state index contributed by atoms with van der Waals surface area (Å²) in [6.07, 6.45) is 1.05. The van der Waals surface area contributed by atoms with Crippen molar-refractivity contribution in [1.82, 2.24) is 5.32 Å². The van der Waals surface area contributed by atoms with Crippen molar-refractivity contribution in [2.24, 2.45) is 0 Å². The van der Waals surface area contributed by atoms with Gasteiger partial charge in [0.2, 0.25) is 0 Å². The van der Waals surface area contributed by atoms with Crippen molar-refractivity contribution >= 4 is 23.2 Å². The van der Waals surface area contributed by atoms with Gasteiger partial charge in [-0.3, -0.25) is 4.79 Å². The summed E-state index contributed by atoms with van der Waals surface area (Å²) >= 11 is 6.00. The van der Waals surface area contributed by atoms with Gasteiger partial charge in [0.1, 0.15) is 0 Å². The summed E-state index contributed by atoms with van der Waals surface area (Å²) < 4.78 is 5.58. The van der Waals surface area contributed by atoms with Gasteiger partial charge in [-0.15, -0.1) is 6.58 Å². The van der Waals surface area contributed by atoms with E-state index in [4.69, 9.17) is 16.3 Å². The number of amides is 1. The van der Waals surface area contributed by atoms with E-state index in [9.17, 15) is 4.79 Å². The molecule has 2 N–H and O–H groups in total. The quantitative estimate of drug-likeness (QED) is 0.807. The van der Waals surface area contributed by atoms with E-state index in [2.05, 4.69) is 17.2 Å². The highest BCUT2D eigenvalue weighted by Gasteiger charge is 2.26. The SMILES string of the molecule is C=CCNC(=O)C1CNc2cccc(Cl)c2O1. The number of carbonyl (C=O) groups is 1. The number of nitrogens with one attached hydrogen (secondary N) is 2. The number of hydrogen-bond acceptors (Lipinski definition) is 3. The summed E-state index contributed by atoms with van der Waals surface area (Å²) in [4.78, 5) is 11.7. The molecule has 1 atom stereocenters. The smallest absolute Gasteiger partial charge is 0.263 e. The number of anilines is 1. The summed E-state index contributed by atoms with van der Waals surface area (Å²) in [6, 6.07) is 5.42. The Morgan fingerprint density at radius 3 is 3.29 bits per heavy atom. The molecular formula is C12H13ClN2O2. The van der Waals surface area contributed by atoms with Crippen LogP contribution in [0.5, 0.6) is 5.75 Å². The zero-order chi connectivity index (χ0) is 12.3. The molecule has 0 fully saturated rings. The van der Waals surface area contributed by atoms with Crippen LogP contribution in [0.4, 0.5) is 5.69 Å². The van der Waals surface area contributed by atoms with Crippen LogP contribution in [-0.2, 0) is 4.79 Å². The maximum Gasteiger partial charge on any atom is 0.263 e. The first-order chi connectivity index (χ1) is 8.22. The van der Waals surface area contributed by atoms with E-state index < -0.39 is 6.10 Å². The fraction of sp³-hybridized carbons (Fsp3) is 0.250. The maximum atomic E-state index is 11.7. The van der Waals surface area contributed by atoms with E-state index in [1.807, 2.05) is 12.1 Å². The third-order valence-electron chi connectivity index (χ3n) is 2.42. The first-order valence-corrected chi connectivity index (χ1v) is 5.68. The summed E-state index contributed by atoms with van der Waals surface area (Å²) in [5, 5.41) is 6.30. The van der Waals surface area contributed by atoms with Gasteiger partial charge < -0.3 is 15.4 Å². The first kappa shape index (κ1) is 11.8. The van der Waals surface area contributed by atoms with Gasteiger partial charge in [-0.2, -0.15) is 0 Å². The molecule has 2 rings (SSSR count). The topological polar surface area (TPSA) is 50.4 Å². The zero-order valence-corrected chi connectivity index (χ0v) is 9.96. The Morgan fingerprint density at radius 1 is 1.71 bits per heavy atom. The predicted octanol–water partition coefficient (Wildman–Crippen LogP) is 1.82. The average molecular weight is 253 g/mol. The third kappa shape index (κ3) is 2.53. The maximum absolute atomic E-state index is 11.7. The molecule has 1 heterocycles. The molecule has 0 radical (unpaired) electrons. The van der Waals surface area contributed by atoms with Crippen molar-refractivity contribution in [3.63, 3.8) is 0 Å². The zero-order valence-electron chi connectivity index (χ0n) is 9.20. The number of hydrogen-bond donors (Lipinski definition) is 2. The predicted molar refractivity (Wildman–Crippen MR) is 67.6 cm³/mol. The van der Waals surface area contributed by atoms with Crippen LogP contribution >= 0.6 is 11.6 Å². The highest BCUT2D eigenvalue weighted by molar-refractivity contribution is 6.32. The molecule has 4 nitrogen and oxygen atoms in total. The lowest BCUT2D eigenvalue weighted by molar-refractivity contribution is -0.127. The summed E-state index contributed by atoms with van der Waals surface area (Å²) in [5.41, 5.74) is 0.810. The van der Waals surface area contributed by atoms with Gasteiger partial charge in [-0.05, 0) is 12.1 Å². The number of rotatable bonds is 3. The second kappa shape index (κ2) is 5.10. The van der Waals surface area contributed by atoms with Crippen LogP contribution < -0.4 is 15.4 Å². The van der Waals surface area contributed by atoms with Crippen LogP contribution in [0.25, 0.3) is 0 Å². The molecule has 0 saturated carbocycles. The van der Waals surface area contributed by atoms with Crippen molar-refractivity contribution in [3.8, 4) is 5.75 Å². The van der Waals surface area contributed by atoms with Crippen LogP contribution in [0.2, 0.25) is 5.02 Å².